The van der Waals surface area contributed by atoms with Gasteiger partial charge in [0.25, 0.3) is 5.89 Å². The van der Waals surface area contributed by atoms with Gasteiger partial charge in [0.2, 0.25) is 5.82 Å². The maximum Gasteiger partial charge on any atom is 0.340 e. The number of hydrogen-bond donors (Lipinski definition) is 0. The Labute approximate surface area is 150 Å². The molecule has 2 heterocycles. The summed E-state index contributed by atoms with van der Waals surface area (Å²) in [6.07, 6.45) is 1.41. The largest absolute Gasteiger partial charge is 0.456 e. The summed E-state index contributed by atoms with van der Waals surface area (Å²) in [4.78, 5) is 20.5. The van der Waals surface area contributed by atoms with Gasteiger partial charge in [-0.05, 0) is 51.1 Å². The van der Waals surface area contributed by atoms with Gasteiger partial charge in [-0.3, -0.25) is 4.98 Å². The lowest BCUT2D eigenvalue weighted by molar-refractivity contribution is 0.00691. The summed E-state index contributed by atoms with van der Waals surface area (Å²) < 4.78 is 10.5. The van der Waals surface area contributed by atoms with Gasteiger partial charge in [-0.15, -0.1) is 0 Å². The van der Waals surface area contributed by atoms with E-state index in [1.54, 1.807) is 57.2 Å². The van der Waals surface area contributed by atoms with E-state index < -0.39 is 11.6 Å². The molecule has 0 saturated heterocycles. The Morgan fingerprint density at radius 2 is 2.04 bits per heavy atom. The van der Waals surface area contributed by atoms with Crippen LogP contribution in [0, 0.1) is 11.3 Å². The third-order valence-corrected chi connectivity index (χ3v) is 3.29. The minimum absolute atomic E-state index is 0.287. The first-order valence-corrected chi connectivity index (χ1v) is 7.90. The maximum atomic E-state index is 12.0. The van der Waals surface area contributed by atoms with Crippen molar-refractivity contribution >= 4 is 5.97 Å². The van der Waals surface area contributed by atoms with Crippen LogP contribution in [0.1, 0.15) is 36.7 Å². The van der Waals surface area contributed by atoms with Crippen LogP contribution in [0.4, 0.5) is 0 Å². The van der Waals surface area contributed by atoms with Gasteiger partial charge in [0.1, 0.15) is 11.3 Å². The minimum Gasteiger partial charge on any atom is -0.456 e. The third kappa shape index (κ3) is 3.92. The summed E-state index contributed by atoms with van der Waals surface area (Å²) in [5, 5.41) is 12.9. The molecule has 3 aromatic rings. The highest BCUT2D eigenvalue weighted by molar-refractivity contribution is 5.89. The van der Waals surface area contributed by atoms with E-state index in [-0.39, 0.29) is 11.7 Å². The van der Waals surface area contributed by atoms with Crippen LogP contribution in [0.3, 0.4) is 0 Å². The van der Waals surface area contributed by atoms with E-state index in [1.165, 1.54) is 6.20 Å². The molecule has 7 heteroatoms. The normalized spacial score (nSPS) is 11.0. The van der Waals surface area contributed by atoms with Crippen LogP contribution in [0.5, 0.6) is 0 Å². The van der Waals surface area contributed by atoms with E-state index in [1.807, 2.05) is 0 Å². The van der Waals surface area contributed by atoms with Gasteiger partial charge in [-0.25, -0.2) is 4.79 Å². The number of nitrogens with zero attached hydrogens (tertiary/aromatic N) is 4. The van der Waals surface area contributed by atoms with Crippen LogP contribution in [-0.2, 0) is 4.74 Å². The van der Waals surface area contributed by atoms with Crippen molar-refractivity contribution in [1.29, 1.82) is 5.26 Å². The number of aromatic nitrogens is 3. The zero-order valence-electron chi connectivity index (χ0n) is 14.6. The van der Waals surface area contributed by atoms with Crippen LogP contribution in [-0.4, -0.2) is 26.7 Å². The molecular formula is C19H16N4O3. The Hall–Kier alpha value is -3.53. The van der Waals surface area contributed by atoms with Gasteiger partial charge in [-0.1, -0.05) is 11.2 Å². The molecule has 3 rings (SSSR count). The summed E-state index contributed by atoms with van der Waals surface area (Å²) in [6, 6.07) is 12.2. The highest BCUT2D eigenvalue weighted by Crippen LogP contribution is 2.22. The summed E-state index contributed by atoms with van der Waals surface area (Å²) in [5.74, 6) is 0.131. The zero-order valence-corrected chi connectivity index (χ0v) is 14.6. The first-order chi connectivity index (χ1) is 12.4. The highest BCUT2D eigenvalue weighted by Gasteiger charge is 2.19. The molecule has 0 aliphatic carbocycles. The monoisotopic (exact) mass is 348 g/mol. The van der Waals surface area contributed by atoms with Crippen molar-refractivity contribution in [3.8, 4) is 29.0 Å². The summed E-state index contributed by atoms with van der Waals surface area (Å²) in [7, 11) is 0. The second kappa shape index (κ2) is 6.76. The lowest BCUT2D eigenvalue weighted by Gasteiger charge is -2.19. The SMILES string of the molecule is CC(C)(C)OC(=O)c1ccc(-c2noc(-c3cccc(C#N)c3)n2)nc1. The molecule has 26 heavy (non-hydrogen) atoms. The molecule has 0 aliphatic heterocycles. The van der Waals surface area contributed by atoms with Gasteiger partial charge in [0, 0.05) is 11.8 Å². The fraction of sp³-hybridized carbons (Fsp3) is 0.211. The summed E-state index contributed by atoms with van der Waals surface area (Å²) in [6.45, 7) is 5.40. The third-order valence-electron chi connectivity index (χ3n) is 3.29. The van der Waals surface area contributed by atoms with E-state index >= 15 is 0 Å². The minimum atomic E-state index is -0.573. The van der Waals surface area contributed by atoms with Crippen LogP contribution < -0.4 is 0 Å². The van der Waals surface area contributed by atoms with Crippen molar-refractivity contribution in [2.24, 2.45) is 0 Å². The van der Waals surface area contributed by atoms with Crippen LogP contribution >= 0.6 is 0 Å². The Morgan fingerprint density at radius 3 is 2.69 bits per heavy atom. The standard InChI is InChI=1S/C19H16N4O3/c1-19(2,3)25-18(24)14-7-8-15(21-11-14)16-22-17(26-23-16)13-6-4-5-12(9-13)10-20/h4-9,11H,1-3H3. The van der Waals surface area contributed by atoms with Gasteiger partial charge in [0.15, 0.2) is 0 Å². The van der Waals surface area contributed by atoms with Crippen molar-refractivity contribution in [2.45, 2.75) is 26.4 Å². The molecule has 0 aliphatic rings. The fourth-order valence-corrected chi connectivity index (χ4v) is 2.15. The van der Waals surface area contributed by atoms with Crippen LogP contribution in [0.25, 0.3) is 23.0 Å². The number of rotatable bonds is 3. The number of hydrogen-bond acceptors (Lipinski definition) is 7. The Balaban J connectivity index is 1.81. The topological polar surface area (TPSA) is 102 Å². The molecule has 7 nitrogen and oxygen atoms in total. The Morgan fingerprint density at radius 1 is 1.23 bits per heavy atom. The number of ether oxygens (including phenoxy) is 1. The van der Waals surface area contributed by atoms with Crippen molar-refractivity contribution < 1.29 is 14.1 Å². The molecule has 0 bridgehead atoms. The first kappa shape index (κ1) is 17.3. The molecular weight excluding hydrogens is 332 g/mol. The lowest BCUT2D eigenvalue weighted by Crippen LogP contribution is -2.23. The molecule has 0 unspecified atom stereocenters. The van der Waals surface area contributed by atoms with E-state index in [0.717, 1.165) is 0 Å². The maximum absolute atomic E-state index is 12.0. The number of nitriles is 1. The van der Waals surface area contributed by atoms with Crippen molar-refractivity contribution in [2.75, 3.05) is 0 Å². The van der Waals surface area contributed by atoms with Crippen LogP contribution in [0.2, 0.25) is 0 Å². The van der Waals surface area contributed by atoms with Crippen molar-refractivity contribution in [3.63, 3.8) is 0 Å². The molecule has 0 amide bonds. The predicted octanol–water partition coefficient (Wildman–Crippen LogP) is 3.63. The summed E-state index contributed by atoms with van der Waals surface area (Å²) in [5.41, 5.74) is 1.38. The molecule has 0 atom stereocenters. The lowest BCUT2D eigenvalue weighted by atomic mass is 10.1. The van der Waals surface area contributed by atoms with E-state index in [0.29, 0.717) is 22.4 Å². The predicted molar refractivity (Wildman–Crippen MR) is 92.8 cm³/mol. The molecule has 0 fully saturated rings. The number of esters is 1. The number of benzene rings is 1. The van der Waals surface area contributed by atoms with Crippen LogP contribution in [0.15, 0.2) is 47.1 Å². The fourth-order valence-electron chi connectivity index (χ4n) is 2.15. The quantitative estimate of drug-likeness (QED) is 0.666. The number of carbonyl (C=O) groups excluding carboxylic acids is 1. The summed E-state index contributed by atoms with van der Waals surface area (Å²) >= 11 is 0. The molecule has 0 N–H and O–H groups in total. The van der Waals surface area contributed by atoms with Gasteiger partial charge < -0.3 is 9.26 Å². The number of carbonyl (C=O) groups is 1. The zero-order chi connectivity index (χ0) is 18.7. The van der Waals surface area contributed by atoms with Gasteiger partial charge in [0.05, 0.1) is 17.2 Å². The highest BCUT2D eigenvalue weighted by atomic mass is 16.6. The Bertz CT molecular complexity index is 979. The average Bonchev–Trinajstić information content (AvgIpc) is 3.10. The molecule has 130 valence electrons. The van der Waals surface area contributed by atoms with E-state index in [2.05, 4.69) is 21.2 Å². The molecule has 0 saturated carbocycles. The van der Waals surface area contributed by atoms with Gasteiger partial charge >= 0.3 is 5.97 Å². The second-order valence-electron chi connectivity index (χ2n) is 6.55. The molecule has 0 spiro atoms. The average molecular weight is 348 g/mol. The Kier molecular flexibility index (Phi) is 4.50. The smallest absolute Gasteiger partial charge is 0.340 e. The van der Waals surface area contributed by atoms with E-state index in [9.17, 15) is 4.79 Å². The first-order valence-electron chi connectivity index (χ1n) is 7.90. The van der Waals surface area contributed by atoms with Gasteiger partial charge in [-0.2, -0.15) is 10.2 Å². The van der Waals surface area contributed by atoms with E-state index in [4.69, 9.17) is 14.5 Å². The molecule has 2 aromatic heterocycles. The molecule has 1 aromatic carbocycles. The number of pyridine rings is 1. The van der Waals surface area contributed by atoms with Crippen molar-refractivity contribution in [1.82, 2.24) is 15.1 Å². The molecule has 0 radical (unpaired) electrons. The van der Waals surface area contributed by atoms with Crippen molar-refractivity contribution in [3.05, 3.63) is 53.7 Å². The second-order valence-corrected chi connectivity index (χ2v) is 6.55.